The summed E-state index contributed by atoms with van der Waals surface area (Å²) in [5, 5.41) is 0.609. The molecule has 4 N–H and O–H groups in total. The number of anilines is 1. The van der Waals surface area contributed by atoms with Crippen molar-refractivity contribution >= 4 is 22.5 Å². The third kappa shape index (κ3) is 2.69. The molecule has 60 valence electrons. The summed E-state index contributed by atoms with van der Waals surface area (Å²) in [6.45, 7) is 0.685. The van der Waals surface area contributed by atoms with E-state index in [2.05, 4.69) is 4.98 Å². The van der Waals surface area contributed by atoms with Crippen molar-refractivity contribution in [3.8, 4) is 0 Å². The lowest BCUT2D eigenvalue weighted by molar-refractivity contribution is 1.01. The van der Waals surface area contributed by atoms with Gasteiger partial charge in [-0.15, -0.1) is 0 Å². The van der Waals surface area contributed by atoms with Crippen molar-refractivity contribution in [1.82, 2.24) is 4.98 Å². The van der Waals surface area contributed by atoms with Gasteiger partial charge in [0, 0.05) is 11.1 Å². The summed E-state index contributed by atoms with van der Waals surface area (Å²) < 4.78 is 0. The highest BCUT2D eigenvalue weighted by atomic mass is 32.1. The Hall–Kier alpha value is -0.870. The molecule has 3 nitrogen and oxygen atoms in total. The Balaban J connectivity index is 2.50. The van der Waals surface area contributed by atoms with Crippen LogP contribution in [0.4, 0.5) is 5.13 Å². The molecule has 1 aromatic rings. The molecule has 0 radical (unpaired) electrons. The number of nitrogen functional groups attached to an aromatic ring is 1. The van der Waals surface area contributed by atoms with Gasteiger partial charge in [0.05, 0.1) is 0 Å². The zero-order chi connectivity index (χ0) is 8.10. The fraction of sp³-hybridized carbons (Fsp3) is 0.286. The van der Waals surface area contributed by atoms with Crippen molar-refractivity contribution in [2.45, 2.75) is 6.42 Å². The van der Waals surface area contributed by atoms with E-state index in [1.807, 2.05) is 12.2 Å². The van der Waals surface area contributed by atoms with Gasteiger partial charge in [0.1, 0.15) is 0 Å². The lowest BCUT2D eigenvalue weighted by Crippen LogP contribution is -1.94. The lowest BCUT2D eigenvalue weighted by atomic mass is 10.3. The summed E-state index contributed by atoms with van der Waals surface area (Å²) in [5.74, 6) is 0. The average molecular weight is 169 g/mol. The average Bonchev–Trinajstić information content (AvgIpc) is 2.37. The number of nitrogens with two attached hydrogens (primary N) is 2. The Morgan fingerprint density at radius 2 is 2.45 bits per heavy atom. The Bertz CT molecular complexity index is 242. The number of rotatable bonds is 3. The molecule has 0 unspecified atom stereocenters. The maximum absolute atomic E-state index is 5.43. The van der Waals surface area contributed by atoms with Gasteiger partial charge in [-0.25, -0.2) is 4.98 Å². The zero-order valence-electron chi connectivity index (χ0n) is 6.16. The monoisotopic (exact) mass is 169 g/mol. The van der Waals surface area contributed by atoms with Gasteiger partial charge in [0.2, 0.25) is 0 Å². The van der Waals surface area contributed by atoms with E-state index >= 15 is 0 Å². The quantitative estimate of drug-likeness (QED) is 0.711. The SMILES string of the molecule is NCCC=Cc1cnc(N)s1. The van der Waals surface area contributed by atoms with Crippen LogP contribution in [-0.4, -0.2) is 11.5 Å². The van der Waals surface area contributed by atoms with Crippen molar-refractivity contribution in [3.05, 3.63) is 17.2 Å². The zero-order valence-corrected chi connectivity index (χ0v) is 6.97. The third-order valence-electron chi connectivity index (χ3n) is 1.16. The fourth-order valence-electron chi connectivity index (χ4n) is 0.673. The van der Waals surface area contributed by atoms with Crippen LogP contribution in [0.3, 0.4) is 0 Å². The molecular weight excluding hydrogens is 158 g/mol. The fourth-order valence-corrected chi connectivity index (χ4v) is 1.29. The van der Waals surface area contributed by atoms with Crippen LogP contribution in [0, 0.1) is 0 Å². The second-order valence-electron chi connectivity index (χ2n) is 2.08. The maximum atomic E-state index is 5.43. The molecular formula is C7H11N3S. The van der Waals surface area contributed by atoms with Crippen LogP contribution >= 0.6 is 11.3 Å². The van der Waals surface area contributed by atoms with Crippen LogP contribution in [0.25, 0.3) is 6.08 Å². The predicted octanol–water partition coefficient (Wildman–Crippen LogP) is 1.09. The Labute approximate surface area is 69.7 Å². The predicted molar refractivity (Wildman–Crippen MR) is 49.2 cm³/mol. The number of hydrogen-bond acceptors (Lipinski definition) is 4. The molecule has 1 heterocycles. The van der Waals surface area contributed by atoms with Gasteiger partial charge in [-0.1, -0.05) is 17.4 Å². The molecule has 11 heavy (non-hydrogen) atoms. The van der Waals surface area contributed by atoms with E-state index in [0.29, 0.717) is 11.7 Å². The van der Waals surface area contributed by atoms with E-state index in [1.54, 1.807) is 6.20 Å². The van der Waals surface area contributed by atoms with Crippen molar-refractivity contribution in [3.63, 3.8) is 0 Å². The van der Waals surface area contributed by atoms with Crippen LogP contribution < -0.4 is 11.5 Å². The lowest BCUT2D eigenvalue weighted by Gasteiger charge is -1.82. The van der Waals surface area contributed by atoms with Gasteiger partial charge in [-0.05, 0) is 19.0 Å². The standard InChI is InChI=1S/C7H11N3S/c8-4-2-1-3-6-5-10-7(9)11-6/h1,3,5H,2,4,8H2,(H2,9,10). The molecule has 0 atom stereocenters. The van der Waals surface area contributed by atoms with Crippen LogP contribution in [0.15, 0.2) is 12.3 Å². The van der Waals surface area contributed by atoms with E-state index < -0.39 is 0 Å². The van der Waals surface area contributed by atoms with E-state index in [1.165, 1.54) is 11.3 Å². The summed E-state index contributed by atoms with van der Waals surface area (Å²) in [5.41, 5.74) is 10.7. The van der Waals surface area contributed by atoms with Gasteiger partial charge < -0.3 is 11.5 Å². The number of aromatic nitrogens is 1. The first-order valence-corrected chi connectivity index (χ1v) is 4.22. The Morgan fingerprint density at radius 1 is 1.64 bits per heavy atom. The normalized spacial score (nSPS) is 11.0. The van der Waals surface area contributed by atoms with Crippen molar-refractivity contribution < 1.29 is 0 Å². The Morgan fingerprint density at radius 3 is 3.00 bits per heavy atom. The summed E-state index contributed by atoms with van der Waals surface area (Å²) >= 11 is 1.48. The molecule has 0 aromatic carbocycles. The van der Waals surface area contributed by atoms with E-state index in [9.17, 15) is 0 Å². The molecule has 0 spiro atoms. The van der Waals surface area contributed by atoms with Gasteiger partial charge in [0.15, 0.2) is 5.13 Å². The minimum Gasteiger partial charge on any atom is -0.375 e. The molecule has 0 saturated heterocycles. The molecule has 0 aliphatic rings. The first-order valence-electron chi connectivity index (χ1n) is 3.41. The summed E-state index contributed by atoms with van der Waals surface area (Å²) in [4.78, 5) is 4.99. The van der Waals surface area contributed by atoms with Crippen LogP contribution in [0.1, 0.15) is 11.3 Å². The second kappa shape index (κ2) is 4.10. The van der Waals surface area contributed by atoms with E-state index in [0.717, 1.165) is 11.3 Å². The maximum Gasteiger partial charge on any atom is 0.180 e. The second-order valence-corrected chi connectivity index (χ2v) is 3.17. The van der Waals surface area contributed by atoms with Crippen molar-refractivity contribution in [2.24, 2.45) is 5.73 Å². The van der Waals surface area contributed by atoms with Crippen molar-refractivity contribution in [2.75, 3.05) is 12.3 Å². The molecule has 4 heteroatoms. The third-order valence-corrected chi connectivity index (χ3v) is 1.95. The first kappa shape index (κ1) is 8.23. The minimum absolute atomic E-state index is 0.609. The molecule has 0 saturated carbocycles. The molecule has 0 aliphatic carbocycles. The van der Waals surface area contributed by atoms with Gasteiger partial charge >= 0.3 is 0 Å². The molecule has 0 aliphatic heterocycles. The highest BCUT2D eigenvalue weighted by Gasteiger charge is 1.91. The Kier molecular flexibility index (Phi) is 3.07. The number of hydrogen-bond donors (Lipinski definition) is 2. The summed E-state index contributed by atoms with van der Waals surface area (Å²) in [6, 6.07) is 0. The summed E-state index contributed by atoms with van der Waals surface area (Å²) in [7, 11) is 0. The van der Waals surface area contributed by atoms with Crippen LogP contribution in [0.2, 0.25) is 0 Å². The molecule has 0 bridgehead atoms. The van der Waals surface area contributed by atoms with Gasteiger partial charge in [0.25, 0.3) is 0 Å². The molecule has 0 amide bonds. The van der Waals surface area contributed by atoms with Crippen LogP contribution in [-0.2, 0) is 0 Å². The molecule has 0 fully saturated rings. The van der Waals surface area contributed by atoms with Crippen LogP contribution in [0.5, 0.6) is 0 Å². The topological polar surface area (TPSA) is 64.9 Å². The van der Waals surface area contributed by atoms with Gasteiger partial charge in [-0.2, -0.15) is 0 Å². The molecule has 1 aromatic heterocycles. The van der Waals surface area contributed by atoms with Gasteiger partial charge in [-0.3, -0.25) is 0 Å². The largest absolute Gasteiger partial charge is 0.375 e. The summed E-state index contributed by atoms with van der Waals surface area (Å²) in [6.07, 6.45) is 6.67. The molecule has 1 rings (SSSR count). The number of nitrogens with zero attached hydrogens (tertiary/aromatic N) is 1. The smallest absolute Gasteiger partial charge is 0.180 e. The number of thiazole rings is 1. The highest BCUT2D eigenvalue weighted by molar-refractivity contribution is 7.16. The first-order chi connectivity index (χ1) is 5.33. The van der Waals surface area contributed by atoms with Crippen molar-refractivity contribution in [1.29, 1.82) is 0 Å². The minimum atomic E-state index is 0.609. The highest BCUT2D eigenvalue weighted by Crippen LogP contribution is 2.15. The van der Waals surface area contributed by atoms with E-state index in [4.69, 9.17) is 11.5 Å². The van der Waals surface area contributed by atoms with E-state index in [-0.39, 0.29) is 0 Å².